The Labute approximate surface area is 114 Å². The highest BCUT2D eigenvalue weighted by Gasteiger charge is 2.05. The van der Waals surface area contributed by atoms with Crippen molar-refractivity contribution < 1.29 is 13.9 Å². The molecule has 2 rings (SSSR count). The quantitative estimate of drug-likeness (QED) is 0.818. The van der Waals surface area contributed by atoms with Crippen molar-refractivity contribution in [2.45, 2.75) is 6.92 Å². The number of aromatic nitrogens is 3. The molecule has 0 bridgehead atoms. The predicted octanol–water partition coefficient (Wildman–Crippen LogP) is 1.99. The maximum atomic E-state index is 13.3. The maximum Gasteiger partial charge on any atom is 0.337 e. The molecule has 2 aromatic rings. The zero-order valence-corrected chi connectivity index (χ0v) is 10.8. The molecule has 0 atom stereocenters. The lowest BCUT2D eigenvalue weighted by Crippen LogP contribution is -2.09. The lowest BCUT2D eigenvalue weighted by Gasteiger charge is -1.97. The summed E-state index contributed by atoms with van der Waals surface area (Å²) in [5.41, 5.74) is 0.329. The fraction of sp³-hybridized carbons (Fsp3) is 0.154. The summed E-state index contributed by atoms with van der Waals surface area (Å²) in [5.74, 6) is -0.682. The third kappa shape index (κ3) is 3.64. The van der Waals surface area contributed by atoms with E-state index in [-0.39, 0.29) is 12.0 Å². The zero-order chi connectivity index (χ0) is 14.4. The van der Waals surface area contributed by atoms with E-state index in [1.807, 2.05) is 0 Å². The van der Waals surface area contributed by atoms with Gasteiger partial charge in [-0.2, -0.15) is 4.98 Å². The summed E-state index contributed by atoms with van der Waals surface area (Å²) in [5, 5.41) is 8.69. The molecular weight excluding hydrogens is 263 g/mol. The minimum atomic E-state index is -0.451. The molecule has 20 heavy (non-hydrogen) atoms. The first-order valence-corrected chi connectivity index (χ1v) is 5.98. The Balaban J connectivity index is 1.96. The van der Waals surface area contributed by atoms with Crippen LogP contribution >= 0.6 is 0 Å². The molecule has 104 valence electrons. The van der Waals surface area contributed by atoms with E-state index in [9.17, 15) is 9.18 Å². The number of anilines is 1. The van der Waals surface area contributed by atoms with Crippen molar-refractivity contribution in [1.82, 2.24) is 15.2 Å². The summed E-state index contributed by atoms with van der Waals surface area (Å²) in [6.45, 7) is 2.23. The fourth-order valence-electron chi connectivity index (χ4n) is 1.43. The number of aromatic amines is 1. The highest BCUT2D eigenvalue weighted by Crippen LogP contribution is 2.09. The maximum absolute atomic E-state index is 13.3. The lowest BCUT2D eigenvalue weighted by molar-refractivity contribution is -0.111. The van der Waals surface area contributed by atoms with Crippen molar-refractivity contribution in [2.75, 3.05) is 11.9 Å². The summed E-state index contributed by atoms with van der Waals surface area (Å²) in [6.07, 6.45) is 2.59. The first kappa shape index (κ1) is 13.7. The SMILES string of the molecule is CCOc1n[nH]c(NC(=O)/C=C/c2ccccc2F)n1. The molecule has 1 heterocycles. The predicted molar refractivity (Wildman–Crippen MR) is 71.6 cm³/mol. The van der Waals surface area contributed by atoms with Crippen LogP contribution in [0, 0.1) is 5.82 Å². The van der Waals surface area contributed by atoms with Crippen LogP contribution in [0.4, 0.5) is 10.3 Å². The summed E-state index contributed by atoms with van der Waals surface area (Å²) < 4.78 is 18.4. The highest BCUT2D eigenvalue weighted by molar-refractivity contribution is 6.00. The van der Waals surface area contributed by atoms with Crippen LogP contribution in [-0.4, -0.2) is 27.7 Å². The molecule has 0 aliphatic carbocycles. The van der Waals surface area contributed by atoms with Gasteiger partial charge in [-0.3, -0.25) is 10.1 Å². The molecule has 1 amide bonds. The van der Waals surface area contributed by atoms with Crippen LogP contribution in [0.25, 0.3) is 6.08 Å². The lowest BCUT2D eigenvalue weighted by atomic mass is 10.2. The van der Waals surface area contributed by atoms with E-state index in [0.717, 1.165) is 0 Å². The van der Waals surface area contributed by atoms with E-state index in [1.165, 1.54) is 18.2 Å². The molecule has 1 aromatic heterocycles. The normalized spacial score (nSPS) is 10.7. The van der Waals surface area contributed by atoms with Gasteiger partial charge in [0.2, 0.25) is 5.95 Å². The number of H-pyrrole nitrogens is 1. The first-order chi connectivity index (χ1) is 9.69. The van der Waals surface area contributed by atoms with Crippen molar-refractivity contribution >= 4 is 17.9 Å². The number of hydrogen-bond acceptors (Lipinski definition) is 4. The minimum absolute atomic E-state index is 0.154. The number of carbonyl (C=O) groups is 1. The Morgan fingerprint density at radius 1 is 1.50 bits per heavy atom. The minimum Gasteiger partial charge on any atom is -0.463 e. The van der Waals surface area contributed by atoms with Crippen LogP contribution < -0.4 is 10.1 Å². The van der Waals surface area contributed by atoms with Gasteiger partial charge in [0.25, 0.3) is 5.91 Å². The standard InChI is InChI=1S/C13H13FN4O2/c1-2-20-13-16-12(17-18-13)15-11(19)8-7-9-5-3-4-6-10(9)14/h3-8H,2H2,1H3,(H2,15,16,17,18,19)/b8-7+. The largest absolute Gasteiger partial charge is 0.463 e. The topological polar surface area (TPSA) is 79.9 Å². The van der Waals surface area contributed by atoms with Gasteiger partial charge in [-0.05, 0) is 19.1 Å². The summed E-state index contributed by atoms with van der Waals surface area (Å²) in [4.78, 5) is 15.5. The monoisotopic (exact) mass is 276 g/mol. The molecule has 0 radical (unpaired) electrons. The molecule has 0 fully saturated rings. The number of ether oxygens (including phenoxy) is 1. The summed E-state index contributed by atoms with van der Waals surface area (Å²) >= 11 is 0. The second kappa shape index (κ2) is 6.46. The average molecular weight is 276 g/mol. The molecule has 0 saturated carbocycles. The second-order valence-corrected chi connectivity index (χ2v) is 3.74. The van der Waals surface area contributed by atoms with Crippen molar-refractivity contribution in [2.24, 2.45) is 0 Å². The molecule has 0 spiro atoms. The Morgan fingerprint density at radius 2 is 2.30 bits per heavy atom. The molecule has 0 aliphatic heterocycles. The van der Waals surface area contributed by atoms with Gasteiger partial charge in [-0.1, -0.05) is 18.2 Å². The van der Waals surface area contributed by atoms with Gasteiger partial charge in [0, 0.05) is 11.6 Å². The van der Waals surface area contributed by atoms with E-state index in [2.05, 4.69) is 20.5 Å². The molecule has 0 aliphatic rings. The van der Waals surface area contributed by atoms with E-state index in [0.29, 0.717) is 12.2 Å². The van der Waals surface area contributed by atoms with Gasteiger partial charge in [0.15, 0.2) is 0 Å². The number of benzene rings is 1. The van der Waals surface area contributed by atoms with E-state index < -0.39 is 11.7 Å². The number of amides is 1. The molecule has 7 heteroatoms. The van der Waals surface area contributed by atoms with Gasteiger partial charge in [-0.15, -0.1) is 5.10 Å². The van der Waals surface area contributed by atoms with Gasteiger partial charge < -0.3 is 4.74 Å². The molecule has 6 nitrogen and oxygen atoms in total. The number of halogens is 1. The first-order valence-electron chi connectivity index (χ1n) is 5.98. The Morgan fingerprint density at radius 3 is 3.05 bits per heavy atom. The van der Waals surface area contributed by atoms with Gasteiger partial charge in [0.1, 0.15) is 5.82 Å². The molecular formula is C13H13FN4O2. The molecule has 2 N–H and O–H groups in total. The van der Waals surface area contributed by atoms with Crippen molar-refractivity contribution in [3.8, 4) is 6.01 Å². The Bertz CT molecular complexity index is 624. The third-order valence-electron chi connectivity index (χ3n) is 2.30. The van der Waals surface area contributed by atoms with Gasteiger partial charge >= 0.3 is 6.01 Å². The smallest absolute Gasteiger partial charge is 0.337 e. The Hall–Kier alpha value is -2.70. The van der Waals surface area contributed by atoms with E-state index >= 15 is 0 Å². The second-order valence-electron chi connectivity index (χ2n) is 3.74. The highest BCUT2D eigenvalue weighted by atomic mass is 19.1. The van der Waals surface area contributed by atoms with Gasteiger partial charge in [0.05, 0.1) is 6.61 Å². The number of rotatable bonds is 5. The van der Waals surface area contributed by atoms with Crippen LogP contribution in [0.5, 0.6) is 6.01 Å². The van der Waals surface area contributed by atoms with E-state index in [4.69, 9.17) is 4.74 Å². The zero-order valence-electron chi connectivity index (χ0n) is 10.8. The summed E-state index contributed by atoms with van der Waals surface area (Å²) in [7, 11) is 0. The van der Waals surface area contributed by atoms with Crippen molar-refractivity contribution in [3.63, 3.8) is 0 Å². The van der Waals surface area contributed by atoms with Crippen LogP contribution in [0.2, 0.25) is 0 Å². The number of nitrogens with one attached hydrogen (secondary N) is 2. The van der Waals surface area contributed by atoms with Crippen molar-refractivity contribution in [1.29, 1.82) is 0 Å². The molecule has 0 unspecified atom stereocenters. The van der Waals surface area contributed by atoms with Crippen molar-refractivity contribution in [3.05, 3.63) is 41.7 Å². The molecule has 0 saturated heterocycles. The Kier molecular flexibility index (Phi) is 4.43. The third-order valence-corrected chi connectivity index (χ3v) is 2.30. The molecule has 1 aromatic carbocycles. The van der Waals surface area contributed by atoms with E-state index in [1.54, 1.807) is 25.1 Å². The number of hydrogen-bond donors (Lipinski definition) is 2. The van der Waals surface area contributed by atoms with Crippen LogP contribution in [0.1, 0.15) is 12.5 Å². The number of nitrogens with zero attached hydrogens (tertiary/aromatic N) is 2. The number of carbonyl (C=O) groups excluding carboxylic acids is 1. The average Bonchev–Trinajstić information content (AvgIpc) is 2.85. The van der Waals surface area contributed by atoms with Gasteiger partial charge in [-0.25, -0.2) is 9.49 Å². The fourth-order valence-corrected chi connectivity index (χ4v) is 1.43. The van der Waals surface area contributed by atoms with Crippen LogP contribution in [0.15, 0.2) is 30.3 Å². The van der Waals surface area contributed by atoms with Crippen LogP contribution in [0.3, 0.4) is 0 Å². The van der Waals surface area contributed by atoms with Crippen LogP contribution in [-0.2, 0) is 4.79 Å². The summed E-state index contributed by atoms with van der Waals surface area (Å²) in [6, 6.07) is 6.31.